The van der Waals surface area contributed by atoms with Crippen molar-refractivity contribution in [2.45, 2.75) is 13.8 Å². The Hall–Kier alpha value is -1.90. The summed E-state index contributed by atoms with van der Waals surface area (Å²) < 4.78 is 1.69. The zero-order chi connectivity index (χ0) is 10.6. The van der Waals surface area contributed by atoms with Crippen LogP contribution in [0.5, 0.6) is 0 Å². The highest BCUT2D eigenvalue weighted by molar-refractivity contribution is 6.08. The van der Waals surface area contributed by atoms with Gasteiger partial charge in [0.2, 0.25) is 0 Å². The minimum atomic E-state index is 0.0405. The zero-order valence-electron chi connectivity index (χ0n) is 8.61. The highest BCUT2D eigenvalue weighted by atomic mass is 16.2. The van der Waals surface area contributed by atoms with Crippen LogP contribution in [-0.4, -0.2) is 15.5 Å². The number of rotatable bonds is 0. The fourth-order valence-corrected chi connectivity index (χ4v) is 2.02. The molecule has 0 aliphatic carbocycles. The molecule has 0 spiro atoms. The van der Waals surface area contributed by atoms with E-state index in [1.165, 1.54) is 0 Å². The average molecular weight is 198 g/mol. The van der Waals surface area contributed by atoms with Crippen LogP contribution in [0, 0.1) is 13.8 Å². The summed E-state index contributed by atoms with van der Waals surface area (Å²) in [5.41, 5.74) is 3.56. The molecule has 0 amide bonds. The smallest absolute Gasteiger partial charge is 0.264 e. The van der Waals surface area contributed by atoms with E-state index in [0.717, 1.165) is 28.3 Å². The van der Waals surface area contributed by atoms with E-state index in [1.54, 1.807) is 4.57 Å². The van der Waals surface area contributed by atoms with Gasteiger partial charge in [-0.05, 0) is 19.9 Å². The van der Waals surface area contributed by atoms with Gasteiger partial charge in [-0.2, -0.15) is 0 Å². The van der Waals surface area contributed by atoms with Crippen LogP contribution >= 0.6 is 0 Å². The largest absolute Gasteiger partial charge is 0.268 e. The van der Waals surface area contributed by atoms with Crippen molar-refractivity contribution in [3.63, 3.8) is 0 Å². The number of nitrogens with zero attached hydrogens (tertiary/aromatic N) is 2. The number of aryl methyl sites for hydroxylation is 1. The summed E-state index contributed by atoms with van der Waals surface area (Å²) in [6.07, 6.45) is 0. The topological polar surface area (TPSA) is 34.9 Å². The normalized spacial score (nSPS) is 12.8. The van der Waals surface area contributed by atoms with E-state index in [1.807, 2.05) is 38.1 Å². The Morgan fingerprint density at radius 3 is 2.53 bits per heavy atom. The molecule has 0 fully saturated rings. The summed E-state index contributed by atoms with van der Waals surface area (Å²) in [6.45, 7) is 3.85. The standard InChI is InChI=1S/C12H10N2O/c1-7-8(2)14-11(13-7)9-5-3-4-6-10(9)12(14)15/h3-6H,1-2H3. The van der Waals surface area contributed by atoms with E-state index in [9.17, 15) is 4.79 Å². The van der Waals surface area contributed by atoms with E-state index in [0.29, 0.717) is 0 Å². The minimum absolute atomic E-state index is 0.0405. The lowest BCUT2D eigenvalue weighted by molar-refractivity contribution is 0.0967. The summed E-state index contributed by atoms with van der Waals surface area (Å²) in [4.78, 5) is 16.5. The van der Waals surface area contributed by atoms with Gasteiger partial charge < -0.3 is 0 Å². The monoisotopic (exact) mass is 198 g/mol. The molecule has 3 heteroatoms. The molecule has 0 saturated carbocycles. The molecule has 15 heavy (non-hydrogen) atoms. The van der Waals surface area contributed by atoms with E-state index in [2.05, 4.69) is 4.98 Å². The summed E-state index contributed by atoms with van der Waals surface area (Å²) in [5, 5.41) is 0. The van der Waals surface area contributed by atoms with Gasteiger partial charge in [0.05, 0.1) is 11.3 Å². The Morgan fingerprint density at radius 1 is 1.13 bits per heavy atom. The molecule has 0 bridgehead atoms. The van der Waals surface area contributed by atoms with Crippen LogP contribution in [0.25, 0.3) is 11.4 Å². The van der Waals surface area contributed by atoms with Gasteiger partial charge in [-0.3, -0.25) is 9.36 Å². The molecule has 2 heterocycles. The van der Waals surface area contributed by atoms with E-state index < -0.39 is 0 Å². The Labute approximate surface area is 87.4 Å². The first kappa shape index (κ1) is 8.41. The molecular formula is C12H10N2O. The molecule has 0 radical (unpaired) electrons. The first-order chi connectivity index (χ1) is 7.20. The van der Waals surface area contributed by atoms with Crippen LogP contribution < -0.4 is 0 Å². The fourth-order valence-electron chi connectivity index (χ4n) is 2.02. The third kappa shape index (κ3) is 0.897. The molecule has 3 nitrogen and oxygen atoms in total. The minimum Gasteiger partial charge on any atom is -0.268 e. The first-order valence-electron chi connectivity index (χ1n) is 4.90. The molecular weight excluding hydrogens is 188 g/mol. The van der Waals surface area contributed by atoms with Crippen molar-refractivity contribution in [3.8, 4) is 11.4 Å². The molecule has 3 rings (SSSR count). The molecule has 1 aliphatic heterocycles. The molecule has 2 aromatic rings. The van der Waals surface area contributed by atoms with Gasteiger partial charge in [0.1, 0.15) is 5.82 Å². The lowest BCUT2D eigenvalue weighted by Gasteiger charge is -1.97. The number of aromatic nitrogens is 2. The molecule has 0 atom stereocenters. The maximum absolute atomic E-state index is 12.0. The van der Waals surface area contributed by atoms with Crippen molar-refractivity contribution in [1.82, 2.24) is 9.55 Å². The van der Waals surface area contributed by atoms with Crippen molar-refractivity contribution in [1.29, 1.82) is 0 Å². The molecule has 0 saturated heterocycles. The van der Waals surface area contributed by atoms with Crippen LogP contribution in [0.3, 0.4) is 0 Å². The molecule has 0 unspecified atom stereocenters. The maximum Gasteiger partial charge on any atom is 0.264 e. The van der Waals surface area contributed by atoms with Gasteiger partial charge in [-0.25, -0.2) is 4.98 Å². The number of carbonyl (C=O) groups is 1. The van der Waals surface area contributed by atoms with Crippen LogP contribution in [-0.2, 0) is 0 Å². The van der Waals surface area contributed by atoms with Crippen LogP contribution in [0.2, 0.25) is 0 Å². The SMILES string of the molecule is Cc1nc2n(c1C)C(=O)c1ccccc1-2. The van der Waals surface area contributed by atoms with Crippen molar-refractivity contribution in [2.75, 3.05) is 0 Å². The lowest BCUT2D eigenvalue weighted by atomic mass is 10.1. The second-order valence-electron chi connectivity index (χ2n) is 3.79. The Morgan fingerprint density at radius 2 is 1.80 bits per heavy atom. The second kappa shape index (κ2) is 2.57. The van der Waals surface area contributed by atoms with Crippen molar-refractivity contribution in [2.24, 2.45) is 0 Å². The predicted molar refractivity (Wildman–Crippen MR) is 56.9 cm³/mol. The molecule has 1 aromatic heterocycles. The van der Waals surface area contributed by atoms with Crippen LogP contribution in [0.4, 0.5) is 0 Å². The van der Waals surface area contributed by atoms with Crippen molar-refractivity contribution < 1.29 is 4.79 Å². The zero-order valence-corrected chi connectivity index (χ0v) is 8.61. The summed E-state index contributed by atoms with van der Waals surface area (Å²) in [5.74, 6) is 0.823. The molecule has 1 aromatic carbocycles. The van der Waals surface area contributed by atoms with E-state index in [-0.39, 0.29) is 5.91 Å². The van der Waals surface area contributed by atoms with Crippen LogP contribution in [0.1, 0.15) is 21.7 Å². The third-order valence-electron chi connectivity index (χ3n) is 2.95. The summed E-state index contributed by atoms with van der Waals surface area (Å²) in [7, 11) is 0. The highest BCUT2D eigenvalue weighted by Gasteiger charge is 2.29. The summed E-state index contributed by atoms with van der Waals surface area (Å²) in [6, 6.07) is 7.60. The van der Waals surface area contributed by atoms with Gasteiger partial charge in [-0.1, -0.05) is 18.2 Å². The number of hydrogen-bond donors (Lipinski definition) is 0. The number of carbonyl (C=O) groups excluding carboxylic acids is 1. The average Bonchev–Trinajstić information content (AvgIpc) is 2.68. The Bertz CT molecular complexity index is 581. The van der Waals surface area contributed by atoms with Crippen LogP contribution in [0.15, 0.2) is 24.3 Å². The van der Waals surface area contributed by atoms with Gasteiger partial charge in [0.25, 0.3) is 5.91 Å². The second-order valence-corrected chi connectivity index (χ2v) is 3.79. The molecule has 74 valence electrons. The Balaban J connectivity index is 2.42. The van der Waals surface area contributed by atoms with Gasteiger partial charge in [-0.15, -0.1) is 0 Å². The van der Waals surface area contributed by atoms with Gasteiger partial charge >= 0.3 is 0 Å². The number of benzene rings is 1. The number of imidazole rings is 1. The fraction of sp³-hybridized carbons (Fsp3) is 0.167. The van der Waals surface area contributed by atoms with Gasteiger partial charge in [0, 0.05) is 11.3 Å². The lowest BCUT2D eigenvalue weighted by Crippen LogP contribution is -2.07. The summed E-state index contributed by atoms with van der Waals surface area (Å²) >= 11 is 0. The molecule has 0 N–H and O–H groups in total. The van der Waals surface area contributed by atoms with E-state index >= 15 is 0 Å². The first-order valence-corrected chi connectivity index (χ1v) is 4.90. The van der Waals surface area contributed by atoms with Gasteiger partial charge in [0.15, 0.2) is 0 Å². The molecule has 1 aliphatic rings. The highest BCUT2D eigenvalue weighted by Crippen LogP contribution is 2.32. The third-order valence-corrected chi connectivity index (χ3v) is 2.95. The Kier molecular flexibility index (Phi) is 1.44. The van der Waals surface area contributed by atoms with Crippen molar-refractivity contribution >= 4 is 5.91 Å². The number of hydrogen-bond acceptors (Lipinski definition) is 2. The van der Waals surface area contributed by atoms with E-state index in [4.69, 9.17) is 0 Å². The quantitative estimate of drug-likeness (QED) is 0.555. The maximum atomic E-state index is 12.0. The van der Waals surface area contributed by atoms with Crippen molar-refractivity contribution in [3.05, 3.63) is 41.2 Å². The number of fused-ring (bicyclic) bond motifs is 3. The predicted octanol–water partition coefficient (Wildman–Crippen LogP) is 2.17.